The van der Waals surface area contributed by atoms with Crippen molar-refractivity contribution in [2.75, 3.05) is 41.3 Å². The molecular formula is C21H23N3O3. The number of carbonyl (C=O) groups is 2. The van der Waals surface area contributed by atoms with Gasteiger partial charge in [-0.15, -0.1) is 0 Å². The van der Waals surface area contributed by atoms with E-state index in [1.807, 2.05) is 24.3 Å². The fourth-order valence-electron chi connectivity index (χ4n) is 3.62. The summed E-state index contributed by atoms with van der Waals surface area (Å²) in [6, 6.07) is 15.2. The topological polar surface area (TPSA) is 61.9 Å². The van der Waals surface area contributed by atoms with Crippen LogP contribution in [0.25, 0.3) is 0 Å². The first-order chi connectivity index (χ1) is 13.2. The number of fused-ring (bicyclic) bond motifs is 1. The molecule has 0 aromatic heterocycles. The highest BCUT2D eigenvalue weighted by Crippen LogP contribution is 2.31. The highest BCUT2D eigenvalue weighted by Gasteiger charge is 2.25. The molecule has 0 atom stereocenters. The molecule has 2 aliphatic rings. The molecule has 0 unspecified atom stereocenters. The van der Waals surface area contributed by atoms with Gasteiger partial charge in [0, 0.05) is 24.5 Å². The Morgan fingerprint density at radius 2 is 1.74 bits per heavy atom. The van der Waals surface area contributed by atoms with Gasteiger partial charge in [-0.25, -0.2) is 4.79 Å². The monoisotopic (exact) mass is 365 g/mol. The molecule has 0 radical (unpaired) electrons. The van der Waals surface area contributed by atoms with Gasteiger partial charge in [0.15, 0.2) is 5.75 Å². The average Bonchev–Trinajstić information content (AvgIpc) is 2.69. The number of nitrogens with one attached hydrogen (secondary N) is 1. The quantitative estimate of drug-likeness (QED) is 0.667. The minimum atomic E-state index is -0.354. The van der Waals surface area contributed by atoms with Gasteiger partial charge in [0.25, 0.3) is 0 Å². The first kappa shape index (κ1) is 17.4. The molecule has 0 aliphatic carbocycles. The molecule has 1 saturated heterocycles. The maximum Gasteiger partial charge on any atom is 0.331 e. The Balaban J connectivity index is 1.39. The molecule has 6 heteroatoms. The molecule has 27 heavy (non-hydrogen) atoms. The second kappa shape index (κ2) is 7.70. The molecule has 2 aromatic rings. The highest BCUT2D eigenvalue weighted by molar-refractivity contribution is 5.96. The third-order valence-electron chi connectivity index (χ3n) is 4.96. The van der Waals surface area contributed by atoms with Gasteiger partial charge in [-0.3, -0.25) is 4.79 Å². The smallest absolute Gasteiger partial charge is 0.331 e. The maximum absolute atomic E-state index is 12.5. The van der Waals surface area contributed by atoms with Crippen molar-refractivity contribution in [2.45, 2.75) is 19.3 Å². The number of nitrogens with zero attached hydrogens (tertiary/aromatic N) is 2. The lowest BCUT2D eigenvalue weighted by molar-refractivity contribution is -0.133. The molecule has 0 saturated carbocycles. The average molecular weight is 365 g/mol. The number of amides is 1. The number of hydrogen-bond acceptors (Lipinski definition) is 5. The summed E-state index contributed by atoms with van der Waals surface area (Å²) in [5.74, 6) is -0.0231. The first-order valence-corrected chi connectivity index (χ1v) is 9.38. The number of rotatable bonds is 4. The zero-order valence-corrected chi connectivity index (χ0v) is 15.2. The van der Waals surface area contributed by atoms with Gasteiger partial charge >= 0.3 is 5.97 Å². The van der Waals surface area contributed by atoms with Gasteiger partial charge in [0.2, 0.25) is 5.91 Å². The largest absolute Gasteiger partial charge is 0.423 e. The van der Waals surface area contributed by atoms with E-state index in [0.29, 0.717) is 5.75 Å². The Labute approximate surface area is 158 Å². The molecule has 1 N–H and O–H groups in total. The Bertz CT molecular complexity index is 829. The van der Waals surface area contributed by atoms with Crippen LogP contribution in [0.3, 0.4) is 0 Å². The summed E-state index contributed by atoms with van der Waals surface area (Å²) in [5, 5.41) is 2.91. The molecule has 0 spiro atoms. The van der Waals surface area contributed by atoms with Gasteiger partial charge in [-0.2, -0.15) is 0 Å². The van der Waals surface area contributed by atoms with Gasteiger partial charge in [-0.1, -0.05) is 12.1 Å². The van der Waals surface area contributed by atoms with Crippen molar-refractivity contribution < 1.29 is 14.3 Å². The van der Waals surface area contributed by atoms with Gasteiger partial charge in [0.1, 0.15) is 6.54 Å². The van der Waals surface area contributed by atoms with E-state index < -0.39 is 0 Å². The zero-order chi connectivity index (χ0) is 18.6. The normalized spacial score (nSPS) is 16.5. The summed E-state index contributed by atoms with van der Waals surface area (Å²) in [6.07, 6.45) is 3.77. The molecule has 140 valence electrons. The van der Waals surface area contributed by atoms with Crippen molar-refractivity contribution >= 4 is 28.9 Å². The van der Waals surface area contributed by atoms with Crippen LogP contribution in [0.2, 0.25) is 0 Å². The van der Waals surface area contributed by atoms with Crippen molar-refractivity contribution in [1.82, 2.24) is 0 Å². The van der Waals surface area contributed by atoms with Gasteiger partial charge < -0.3 is 19.9 Å². The lowest BCUT2D eigenvalue weighted by Gasteiger charge is -2.29. The SMILES string of the molecule is O=C(CN1CC(=O)Oc2ccccc21)Nc1ccc(N2CCCCC2)cc1. The number of benzene rings is 2. The molecule has 1 amide bonds. The predicted molar refractivity (Wildman–Crippen MR) is 105 cm³/mol. The van der Waals surface area contributed by atoms with Crippen LogP contribution in [0.4, 0.5) is 17.1 Å². The number of carbonyl (C=O) groups excluding carboxylic acids is 2. The summed E-state index contributed by atoms with van der Waals surface area (Å²) in [7, 11) is 0. The van der Waals surface area contributed by atoms with E-state index in [1.54, 1.807) is 17.0 Å². The number of piperidine rings is 1. The zero-order valence-electron chi connectivity index (χ0n) is 15.2. The number of anilines is 3. The minimum absolute atomic E-state index is 0.0678. The van der Waals surface area contributed by atoms with Crippen molar-refractivity contribution in [3.8, 4) is 5.75 Å². The van der Waals surface area contributed by atoms with Crippen LogP contribution >= 0.6 is 0 Å². The van der Waals surface area contributed by atoms with E-state index in [4.69, 9.17) is 4.74 Å². The lowest BCUT2D eigenvalue weighted by Crippen LogP contribution is -2.41. The molecular weight excluding hydrogens is 342 g/mol. The van der Waals surface area contributed by atoms with Crippen LogP contribution in [0.1, 0.15) is 19.3 Å². The number of ether oxygens (including phenoxy) is 1. The number of para-hydroxylation sites is 2. The number of esters is 1. The van der Waals surface area contributed by atoms with Crippen LogP contribution in [-0.4, -0.2) is 38.1 Å². The van der Waals surface area contributed by atoms with E-state index >= 15 is 0 Å². The van der Waals surface area contributed by atoms with Crippen molar-refractivity contribution in [2.24, 2.45) is 0 Å². The van der Waals surface area contributed by atoms with Crippen LogP contribution in [0.15, 0.2) is 48.5 Å². The van der Waals surface area contributed by atoms with Crippen LogP contribution < -0.4 is 19.9 Å². The van der Waals surface area contributed by atoms with Crippen LogP contribution in [0, 0.1) is 0 Å². The standard InChI is InChI=1S/C21H23N3O3/c25-20(14-24-15-21(26)27-19-7-3-2-6-18(19)24)22-16-8-10-17(11-9-16)23-12-4-1-5-13-23/h2-3,6-11H,1,4-5,12-15H2,(H,22,25). The lowest BCUT2D eigenvalue weighted by atomic mass is 10.1. The maximum atomic E-state index is 12.5. The molecule has 2 aromatic carbocycles. The van der Waals surface area contributed by atoms with Crippen molar-refractivity contribution in [1.29, 1.82) is 0 Å². The summed E-state index contributed by atoms with van der Waals surface area (Å²) < 4.78 is 5.22. The highest BCUT2D eigenvalue weighted by atomic mass is 16.5. The Hall–Kier alpha value is -3.02. The molecule has 2 heterocycles. The van der Waals surface area contributed by atoms with Crippen molar-refractivity contribution in [3.63, 3.8) is 0 Å². The molecule has 1 fully saturated rings. The third-order valence-corrected chi connectivity index (χ3v) is 4.96. The summed E-state index contributed by atoms with van der Waals surface area (Å²) >= 11 is 0. The summed E-state index contributed by atoms with van der Waals surface area (Å²) in [6.45, 7) is 2.35. The van der Waals surface area contributed by atoms with E-state index in [9.17, 15) is 9.59 Å². The fourth-order valence-corrected chi connectivity index (χ4v) is 3.62. The molecule has 6 nitrogen and oxygen atoms in total. The van der Waals surface area contributed by atoms with E-state index in [1.165, 1.54) is 24.9 Å². The second-order valence-corrected chi connectivity index (χ2v) is 6.94. The van der Waals surface area contributed by atoms with Gasteiger partial charge in [-0.05, 0) is 55.7 Å². The third kappa shape index (κ3) is 4.05. The Morgan fingerprint density at radius 3 is 2.52 bits per heavy atom. The summed E-state index contributed by atoms with van der Waals surface area (Å²) in [4.78, 5) is 28.3. The minimum Gasteiger partial charge on any atom is -0.423 e. The Kier molecular flexibility index (Phi) is 4.96. The Morgan fingerprint density at radius 1 is 1.00 bits per heavy atom. The van der Waals surface area contributed by atoms with E-state index in [-0.39, 0.29) is 25.0 Å². The second-order valence-electron chi connectivity index (χ2n) is 6.94. The van der Waals surface area contributed by atoms with E-state index in [2.05, 4.69) is 22.3 Å². The van der Waals surface area contributed by atoms with Crippen molar-refractivity contribution in [3.05, 3.63) is 48.5 Å². The molecule has 2 aliphatic heterocycles. The predicted octanol–water partition coefficient (Wildman–Crippen LogP) is 3.04. The molecule has 0 bridgehead atoms. The van der Waals surface area contributed by atoms with E-state index in [0.717, 1.165) is 24.5 Å². The fraction of sp³-hybridized carbons (Fsp3) is 0.333. The van der Waals surface area contributed by atoms with Crippen LogP contribution in [0.5, 0.6) is 5.75 Å². The van der Waals surface area contributed by atoms with Gasteiger partial charge in [0.05, 0.1) is 12.2 Å². The molecule has 4 rings (SSSR count). The first-order valence-electron chi connectivity index (χ1n) is 9.38. The number of hydrogen-bond donors (Lipinski definition) is 1. The van der Waals surface area contributed by atoms with Crippen LogP contribution in [-0.2, 0) is 9.59 Å². The summed E-state index contributed by atoms with van der Waals surface area (Å²) in [5.41, 5.74) is 2.71.